The molecule has 0 spiro atoms. The summed E-state index contributed by atoms with van der Waals surface area (Å²) in [7, 11) is -3.95. The minimum Gasteiger partial charge on any atom is -0.445 e. The average molecular weight is 384 g/mol. The molecule has 1 unspecified atom stereocenters. The Labute approximate surface area is 141 Å². The van der Waals surface area contributed by atoms with Crippen LogP contribution in [0.1, 0.15) is 34.6 Å². The summed E-state index contributed by atoms with van der Waals surface area (Å²) in [6, 6.07) is 0. The number of carbonyl (C=O) groups is 1. The van der Waals surface area contributed by atoms with E-state index in [0.717, 1.165) is 6.92 Å². The van der Waals surface area contributed by atoms with Gasteiger partial charge in [0.25, 0.3) is 0 Å². The zero-order valence-electron chi connectivity index (χ0n) is 12.8. The second kappa shape index (κ2) is 8.95. The fourth-order valence-corrected chi connectivity index (χ4v) is 4.35. The van der Waals surface area contributed by atoms with Crippen molar-refractivity contribution < 1.29 is 23.1 Å². The molecule has 0 aromatic heterocycles. The van der Waals surface area contributed by atoms with Crippen LogP contribution < -0.4 is 0 Å². The molecule has 0 aromatic carbocycles. The maximum atomic E-state index is 12.9. The van der Waals surface area contributed by atoms with Crippen molar-refractivity contribution in [3.63, 3.8) is 0 Å². The molecular weight excluding hydrogens is 361 g/mol. The Bertz CT molecular complexity index is 366. The highest BCUT2D eigenvalue weighted by molar-refractivity contribution is 7.55. The smallest absolute Gasteiger partial charge is 0.375 e. The number of alkyl halides is 3. The molecule has 0 heterocycles. The van der Waals surface area contributed by atoms with E-state index in [9.17, 15) is 9.36 Å². The van der Waals surface area contributed by atoms with E-state index in [-0.39, 0.29) is 25.0 Å². The van der Waals surface area contributed by atoms with E-state index in [0.29, 0.717) is 0 Å². The number of hydrogen-bond donors (Lipinski definition) is 0. The molecule has 0 aromatic rings. The predicted molar refractivity (Wildman–Crippen MR) is 85.0 cm³/mol. The van der Waals surface area contributed by atoms with Crippen LogP contribution in [0, 0.1) is 11.8 Å². The number of hydrogen-bond acceptors (Lipinski definition) is 5. The minimum atomic E-state index is -3.95. The molecule has 0 fully saturated rings. The predicted octanol–water partition coefficient (Wildman–Crippen LogP) is 4.78. The van der Waals surface area contributed by atoms with Gasteiger partial charge in [0.1, 0.15) is 0 Å². The Morgan fingerprint density at radius 2 is 1.43 bits per heavy atom. The molecule has 0 aliphatic carbocycles. The average Bonchev–Trinajstić information content (AvgIpc) is 2.29. The van der Waals surface area contributed by atoms with Crippen LogP contribution in [0.25, 0.3) is 0 Å². The molecule has 21 heavy (non-hydrogen) atoms. The van der Waals surface area contributed by atoms with Gasteiger partial charge in [-0.25, -0.2) is 0 Å². The molecule has 0 N–H and O–H groups in total. The highest BCUT2D eigenvalue weighted by Crippen LogP contribution is 2.60. The lowest BCUT2D eigenvalue weighted by molar-refractivity contribution is -0.143. The van der Waals surface area contributed by atoms with Crippen molar-refractivity contribution in [3.8, 4) is 0 Å². The summed E-state index contributed by atoms with van der Waals surface area (Å²) in [5.41, 5.74) is 0. The van der Waals surface area contributed by atoms with Gasteiger partial charge in [-0.2, -0.15) is 0 Å². The zero-order chi connectivity index (χ0) is 16.8. The van der Waals surface area contributed by atoms with Crippen LogP contribution in [0.2, 0.25) is 0 Å². The molecule has 0 aliphatic rings. The third-order valence-electron chi connectivity index (χ3n) is 2.02. The van der Waals surface area contributed by atoms with E-state index in [4.69, 9.17) is 48.6 Å². The number of ether oxygens (including phenoxy) is 1. The van der Waals surface area contributed by atoms with Crippen LogP contribution >= 0.6 is 42.4 Å². The second-order valence-corrected chi connectivity index (χ2v) is 9.86. The van der Waals surface area contributed by atoms with Gasteiger partial charge >= 0.3 is 13.6 Å². The Balaban J connectivity index is 5.35. The topological polar surface area (TPSA) is 61.8 Å². The molecule has 126 valence electrons. The summed E-state index contributed by atoms with van der Waals surface area (Å²) >= 11 is 17.3. The molecule has 9 heteroatoms. The van der Waals surface area contributed by atoms with E-state index >= 15 is 0 Å². The van der Waals surface area contributed by atoms with E-state index < -0.39 is 23.2 Å². The monoisotopic (exact) mass is 382 g/mol. The number of esters is 1. The molecule has 0 saturated carbocycles. The van der Waals surface area contributed by atoms with Gasteiger partial charge in [-0.3, -0.25) is 9.36 Å². The summed E-state index contributed by atoms with van der Waals surface area (Å²) in [5.74, 6) is -2.21. The lowest BCUT2D eigenvalue weighted by Gasteiger charge is -2.31. The second-order valence-electron chi connectivity index (χ2n) is 5.42. The first-order valence-electron chi connectivity index (χ1n) is 6.51. The first kappa shape index (κ1) is 21.5. The van der Waals surface area contributed by atoms with Gasteiger partial charge in [-0.15, -0.1) is 0 Å². The number of rotatable bonds is 8. The van der Waals surface area contributed by atoms with Crippen LogP contribution in [0.5, 0.6) is 0 Å². The minimum absolute atomic E-state index is 0.0781. The summed E-state index contributed by atoms with van der Waals surface area (Å²) in [6.07, 6.45) is 0. The summed E-state index contributed by atoms with van der Waals surface area (Å²) in [4.78, 5) is 11.2. The highest BCUT2D eigenvalue weighted by Gasteiger charge is 2.52. The fraction of sp³-hybridized carbons (Fsp3) is 0.917. The molecule has 0 rings (SSSR count). The lowest BCUT2D eigenvalue weighted by Crippen LogP contribution is -2.33. The van der Waals surface area contributed by atoms with E-state index in [1.54, 1.807) is 0 Å². The van der Waals surface area contributed by atoms with Crippen molar-refractivity contribution >= 4 is 48.4 Å². The van der Waals surface area contributed by atoms with Gasteiger partial charge in [-0.1, -0.05) is 62.5 Å². The van der Waals surface area contributed by atoms with Crippen LogP contribution in [0.15, 0.2) is 0 Å². The summed E-state index contributed by atoms with van der Waals surface area (Å²) in [6.45, 7) is 8.82. The van der Waals surface area contributed by atoms with Gasteiger partial charge in [0.2, 0.25) is 9.64 Å². The Kier molecular flexibility index (Phi) is 9.16. The van der Waals surface area contributed by atoms with Gasteiger partial charge in [0.15, 0.2) is 0 Å². The lowest BCUT2D eigenvalue weighted by atomic mass is 10.2. The molecule has 0 saturated heterocycles. The molecule has 0 bridgehead atoms. The number of carbonyl (C=O) groups excluding carboxylic acids is 1. The maximum absolute atomic E-state index is 12.9. The first-order valence-corrected chi connectivity index (χ1v) is 9.25. The third-order valence-corrected chi connectivity index (χ3v) is 5.16. The van der Waals surface area contributed by atoms with E-state index in [2.05, 4.69) is 0 Å². The van der Waals surface area contributed by atoms with Gasteiger partial charge in [-0.05, 0) is 11.8 Å². The Morgan fingerprint density at radius 3 is 1.67 bits per heavy atom. The van der Waals surface area contributed by atoms with E-state index in [1.807, 2.05) is 27.7 Å². The summed E-state index contributed by atoms with van der Waals surface area (Å²) < 4.78 is 26.4. The standard InChI is InChI=1S/C12H22Cl3O5P/c1-8(2)6-18-21(17,19-7-9(3)4)11(12(13,14)15)20-10(5)16/h8-9,11H,6-7H2,1-5H3. The quantitative estimate of drug-likeness (QED) is 0.343. The van der Waals surface area contributed by atoms with Gasteiger partial charge in [0.05, 0.1) is 13.2 Å². The van der Waals surface area contributed by atoms with Crippen molar-refractivity contribution in [2.45, 2.75) is 44.3 Å². The SMILES string of the molecule is CC(=O)OC(C(Cl)(Cl)Cl)P(=O)(OCC(C)C)OCC(C)C. The van der Waals surface area contributed by atoms with Gasteiger partial charge < -0.3 is 13.8 Å². The molecule has 5 nitrogen and oxygen atoms in total. The molecule has 1 atom stereocenters. The molecule has 0 radical (unpaired) electrons. The van der Waals surface area contributed by atoms with Crippen molar-refractivity contribution in [3.05, 3.63) is 0 Å². The van der Waals surface area contributed by atoms with Crippen molar-refractivity contribution in [2.24, 2.45) is 11.8 Å². The van der Waals surface area contributed by atoms with E-state index in [1.165, 1.54) is 0 Å². The Hall–Kier alpha value is 0.490. The summed E-state index contributed by atoms with van der Waals surface area (Å²) in [5, 5.41) is 0. The third kappa shape index (κ3) is 8.63. The van der Waals surface area contributed by atoms with Gasteiger partial charge in [0, 0.05) is 6.92 Å². The number of halogens is 3. The van der Waals surface area contributed by atoms with Crippen molar-refractivity contribution in [1.29, 1.82) is 0 Å². The maximum Gasteiger partial charge on any atom is 0.375 e. The highest BCUT2D eigenvalue weighted by atomic mass is 35.6. The largest absolute Gasteiger partial charge is 0.445 e. The normalized spacial score (nSPS) is 14.6. The fourth-order valence-electron chi connectivity index (χ4n) is 1.15. The van der Waals surface area contributed by atoms with Crippen LogP contribution in [-0.4, -0.2) is 28.8 Å². The zero-order valence-corrected chi connectivity index (χ0v) is 15.9. The first-order chi connectivity index (χ1) is 9.38. The molecular formula is C12H22Cl3O5P. The van der Waals surface area contributed by atoms with Crippen LogP contribution in [-0.2, 0) is 23.1 Å². The molecule has 0 amide bonds. The van der Waals surface area contributed by atoms with Crippen molar-refractivity contribution in [1.82, 2.24) is 0 Å². The Morgan fingerprint density at radius 1 is 1.05 bits per heavy atom. The van der Waals surface area contributed by atoms with Crippen molar-refractivity contribution in [2.75, 3.05) is 13.2 Å². The molecule has 0 aliphatic heterocycles. The van der Waals surface area contributed by atoms with Crippen LogP contribution in [0.4, 0.5) is 0 Å². The van der Waals surface area contributed by atoms with Crippen LogP contribution in [0.3, 0.4) is 0 Å².